The van der Waals surface area contributed by atoms with Crippen LogP contribution in [0.5, 0.6) is 0 Å². The molecule has 1 saturated heterocycles. The number of anilines is 1. The largest absolute Gasteiger partial charge is 0.351 e. The normalized spacial score (nSPS) is 13.9. The highest BCUT2D eigenvalue weighted by Gasteiger charge is 2.25. The fraction of sp³-hybridized carbons (Fsp3) is 0.300. The zero-order valence-electron chi connectivity index (χ0n) is 20.4. The summed E-state index contributed by atoms with van der Waals surface area (Å²) in [4.78, 5) is 27.4. The van der Waals surface area contributed by atoms with Crippen LogP contribution in [0.4, 0.5) is 5.82 Å². The van der Waals surface area contributed by atoms with Crippen LogP contribution < -0.4 is 4.90 Å². The molecule has 35 heavy (non-hydrogen) atoms. The van der Waals surface area contributed by atoms with Gasteiger partial charge in [0.1, 0.15) is 5.69 Å². The summed E-state index contributed by atoms with van der Waals surface area (Å²) in [5.41, 5.74) is 5.80. The number of aromatic nitrogens is 2. The first-order valence-electron chi connectivity index (χ1n) is 12.7. The van der Waals surface area contributed by atoms with Crippen molar-refractivity contribution in [3.63, 3.8) is 0 Å². The van der Waals surface area contributed by atoms with Crippen molar-refractivity contribution in [2.24, 2.45) is 0 Å². The Labute approximate surface area is 207 Å². The second kappa shape index (κ2) is 10.7. The highest BCUT2D eigenvalue weighted by Crippen LogP contribution is 2.30. The number of hydrogen-bond acceptors (Lipinski definition) is 4. The van der Waals surface area contributed by atoms with E-state index in [2.05, 4.69) is 36.1 Å². The summed E-state index contributed by atoms with van der Waals surface area (Å²) in [6, 6.07) is 26.4. The smallest absolute Gasteiger partial charge is 0.253 e. The summed E-state index contributed by atoms with van der Waals surface area (Å²) in [5.74, 6) is 0.996. The lowest BCUT2D eigenvalue weighted by Gasteiger charge is -2.36. The number of hydrogen-bond donors (Lipinski definition) is 0. The number of aryl methyl sites for hydroxylation is 1. The third-order valence-electron chi connectivity index (χ3n) is 6.74. The van der Waals surface area contributed by atoms with E-state index in [4.69, 9.17) is 9.97 Å². The van der Waals surface area contributed by atoms with Crippen LogP contribution in [0.15, 0.2) is 78.9 Å². The number of benzene rings is 3. The molecular formula is C30H32N4O. The molecule has 1 aromatic heterocycles. The molecule has 5 heteroatoms. The van der Waals surface area contributed by atoms with Crippen LogP contribution in [-0.4, -0.2) is 47.0 Å². The summed E-state index contributed by atoms with van der Waals surface area (Å²) in [7, 11) is 0. The van der Waals surface area contributed by atoms with E-state index in [0.717, 1.165) is 53.2 Å². The van der Waals surface area contributed by atoms with Crippen LogP contribution in [0.3, 0.4) is 0 Å². The van der Waals surface area contributed by atoms with E-state index in [1.54, 1.807) is 0 Å². The van der Waals surface area contributed by atoms with Crippen molar-refractivity contribution in [1.29, 1.82) is 0 Å². The molecule has 0 unspecified atom stereocenters. The summed E-state index contributed by atoms with van der Waals surface area (Å²) < 4.78 is 0. The maximum Gasteiger partial charge on any atom is 0.253 e. The standard InChI is InChI=1S/C30H32N4O/c1-2-3-5-10-23-15-17-25(18-16-23)30(35)34-21-19-33(20-22-34)29-28(24-11-6-4-7-12-24)31-26-13-8-9-14-27(26)32-29/h4,6-9,11-18H,2-3,5,10,19-22H2,1H3. The highest BCUT2D eigenvalue weighted by atomic mass is 16.2. The van der Waals surface area contributed by atoms with Gasteiger partial charge in [0.25, 0.3) is 5.91 Å². The van der Waals surface area contributed by atoms with Gasteiger partial charge in [0.15, 0.2) is 5.82 Å². The first-order chi connectivity index (χ1) is 17.2. The van der Waals surface area contributed by atoms with E-state index in [0.29, 0.717) is 13.1 Å². The first-order valence-corrected chi connectivity index (χ1v) is 12.7. The van der Waals surface area contributed by atoms with Crippen molar-refractivity contribution in [3.05, 3.63) is 90.0 Å². The maximum absolute atomic E-state index is 13.2. The molecule has 2 heterocycles. The minimum absolute atomic E-state index is 0.109. The third-order valence-corrected chi connectivity index (χ3v) is 6.74. The Balaban J connectivity index is 1.31. The number of nitrogens with zero attached hydrogens (tertiary/aromatic N) is 4. The van der Waals surface area contributed by atoms with Gasteiger partial charge in [0, 0.05) is 37.3 Å². The van der Waals surface area contributed by atoms with Gasteiger partial charge in [-0.3, -0.25) is 4.79 Å². The number of unbranched alkanes of at least 4 members (excludes halogenated alkanes) is 2. The first kappa shape index (κ1) is 23.0. The molecule has 3 aromatic carbocycles. The lowest BCUT2D eigenvalue weighted by atomic mass is 10.0. The maximum atomic E-state index is 13.2. The number of piperazine rings is 1. The van der Waals surface area contributed by atoms with Gasteiger partial charge in [-0.1, -0.05) is 74.4 Å². The number of fused-ring (bicyclic) bond motifs is 1. The Morgan fingerprint density at radius 2 is 1.43 bits per heavy atom. The monoisotopic (exact) mass is 464 g/mol. The molecule has 1 fully saturated rings. The molecule has 5 rings (SSSR count). The van der Waals surface area contributed by atoms with Crippen molar-refractivity contribution >= 4 is 22.8 Å². The van der Waals surface area contributed by atoms with Crippen LogP contribution in [-0.2, 0) is 6.42 Å². The fourth-order valence-corrected chi connectivity index (χ4v) is 4.70. The molecule has 1 aliphatic rings. The van der Waals surface area contributed by atoms with E-state index in [9.17, 15) is 4.79 Å². The number of carbonyl (C=O) groups is 1. The van der Waals surface area contributed by atoms with Crippen molar-refractivity contribution < 1.29 is 4.79 Å². The van der Waals surface area contributed by atoms with E-state index >= 15 is 0 Å². The second-order valence-corrected chi connectivity index (χ2v) is 9.18. The molecule has 0 N–H and O–H groups in total. The number of carbonyl (C=O) groups excluding carboxylic acids is 1. The minimum Gasteiger partial charge on any atom is -0.351 e. The lowest BCUT2D eigenvalue weighted by molar-refractivity contribution is 0.0746. The SMILES string of the molecule is CCCCCc1ccc(C(=O)N2CCN(c3nc4ccccc4nc3-c3ccccc3)CC2)cc1. The molecule has 0 aliphatic carbocycles. The van der Waals surface area contributed by atoms with Crippen LogP contribution in [0.1, 0.15) is 42.1 Å². The van der Waals surface area contributed by atoms with Gasteiger partial charge in [-0.05, 0) is 42.7 Å². The van der Waals surface area contributed by atoms with Crippen LogP contribution >= 0.6 is 0 Å². The third kappa shape index (κ3) is 5.19. The van der Waals surface area contributed by atoms with Crippen molar-refractivity contribution in [2.75, 3.05) is 31.1 Å². The Morgan fingerprint density at radius 1 is 0.771 bits per heavy atom. The molecule has 0 spiro atoms. The van der Waals surface area contributed by atoms with Gasteiger partial charge in [-0.25, -0.2) is 9.97 Å². The zero-order valence-corrected chi connectivity index (χ0v) is 20.4. The number of amides is 1. The summed E-state index contributed by atoms with van der Waals surface area (Å²) in [6.45, 7) is 5.01. The number of rotatable bonds is 7. The van der Waals surface area contributed by atoms with Crippen LogP contribution in [0.2, 0.25) is 0 Å². The van der Waals surface area contributed by atoms with E-state index in [-0.39, 0.29) is 5.91 Å². The summed E-state index contributed by atoms with van der Waals surface area (Å²) >= 11 is 0. The Morgan fingerprint density at radius 3 is 2.11 bits per heavy atom. The van der Waals surface area contributed by atoms with Gasteiger partial charge >= 0.3 is 0 Å². The molecule has 0 bridgehead atoms. The molecule has 5 nitrogen and oxygen atoms in total. The van der Waals surface area contributed by atoms with Gasteiger partial charge in [-0.2, -0.15) is 0 Å². The molecule has 1 aliphatic heterocycles. The van der Waals surface area contributed by atoms with Gasteiger partial charge < -0.3 is 9.80 Å². The fourth-order valence-electron chi connectivity index (χ4n) is 4.70. The van der Waals surface area contributed by atoms with E-state index in [1.165, 1.54) is 24.8 Å². The van der Waals surface area contributed by atoms with Gasteiger partial charge in [0.2, 0.25) is 0 Å². The highest BCUT2D eigenvalue weighted by molar-refractivity contribution is 5.94. The Kier molecular flexibility index (Phi) is 7.03. The molecule has 0 saturated carbocycles. The summed E-state index contributed by atoms with van der Waals surface area (Å²) in [5, 5.41) is 0. The molecule has 178 valence electrons. The second-order valence-electron chi connectivity index (χ2n) is 9.18. The predicted molar refractivity (Wildman–Crippen MR) is 143 cm³/mol. The topological polar surface area (TPSA) is 49.3 Å². The van der Waals surface area contributed by atoms with Crippen molar-refractivity contribution in [2.45, 2.75) is 32.6 Å². The average Bonchev–Trinajstić information content (AvgIpc) is 2.93. The van der Waals surface area contributed by atoms with Gasteiger partial charge in [0.05, 0.1) is 11.0 Å². The minimum atomic E-state index is 0.109. The van der Waals surface area contributed by atoms with E-state index in [1.807, 2.05) is 59.5 Å². The van der Waals surface area contributed by atoms with E-state index < -0.39 is 0 Å². The Bertz CT molecular complexity index is 1280. The van der Waals surface area contributed by atoms with Gasteiger partial charge in [-0.15, -0.1) is 0 Å². The van der Waals surface area contributed by atoms with Crippen molar-refractivity contribution in [1.82, 2.24) is 14.9 Å². The van der Waals surface area contributed by atoms with Crippen molar-refractivity contribution in [3.8, 4) is 11.3 Å². The van der Waals surface area contributed by atoms with Crippen LogP contribution in [0.25, 0.3) is 22.3 Å². The molecule has 0 radical (unpaired) electrons. The Hall–Kier alpha value is -3.73. The molecule has 4 aromatic rings. The quantitative estimate of drug-likeness (QED) is 0.315. The molecule has 0 atom stereocenters. The molecule has 1 amide bonds. The van der Waals surface area contributed by atoms with Crippen LogP contribution in [0, 0.1) is 0 Å². The number of para-hydroxylation sites is 2. The zero-order chi connectivity index (χ0) is 24.0. The average molecular weight is 465 g/mol. The predicted octanol–water partition coefficient (Wildman–Crippen LogP) is 5.99. The lowest BCUT2D eigenvalue weighted by Crippen LogP contribution is -2.49. The summed E-state index contributed by atoms with van der Waals surface area (Å²) in [6.07, 6.45) is 4.75. The molecular weight excluding hydrogens is 432 g/mol.